The molecule has 1 unspecified atom stereocenters. The molecule has 1 fully saturated rings. The molecule has 20 heavy (non-hydrogen) atoms. The average Bonchev–Trinajstić information content (AvgIpc) is 2.67. The Balaban J connectivity index is 2.13. The Morgan fingerprint density at radius 1 is 1.50 bits per heavy atom. The highest BCUT2D eigenvalue weighted by Crippen LogP contribution is 2.31. The summed E-state index contributed by atoms with van der Waals surface area (Å²) in [5.74, 6) is 0.654. The molecule has 1 aliphatic heterocycles. The number of amides is 2. The zero-order valence-corrected chi connectivity index (χ0v) is 12.2. The molecule has 0 saturated carbocycles. The van der Waals surface area contributed by atoms with Crippen molar-refractivity contribution in [3.63, 3.8) is 0 Å². The van der Waals surface area contributed by atoms with Gasteiger partial charge in [0.25, 0.3) is 0 Å². The highest BCUT2D eigenvalue weighted by atomic mass is 16.5. The predicted octanol–water partition coefficient (Wildman–Crippen LogP) is 2.46. The number of ether oxygens (including phenoxy) is 1. The van der Waals surface area contributed by atoms with Crippen LogP contribution in [-0.2, 0) is 0 Å². The Hall–Kier alpha value is -1.75. The van der Waals surface area contributed by atoms with Crippen LogP contribution in [0, 0.1) is 0 Å². The summed E-state index contributed by atoms with van der Waals surface area (Å²) < 4.78 is 5.49. The van der Waals surface area contributed by atoms with Gasteiger partial charge in [-0.3, -0.25) is 0 Å². The van der Waals surface area contributed by atoms with E-state index in [1.165, 1.54) is 0 Å². The number of carbonyl (C=O) groups excluding carboxylic acids is 1. The Bertz CT molecular complexity index is 488. The number of carbonyl (C=O) groups is 1. The maximum Gasteiger partial charge on any atom is 0.322 e. The Kier molecular flexibility index (Phi) is 4.18. The van der Waals surface area contributed by atoms with Gasteiger partial charge in [0.15, 0.2) is 0 Å². The van der Waals surface area contributed by atoms with Crippen LogP contribution in [0.5, 0.6) is 5.75 Å². The van der Waals surface area contributed by atoms with E-state index in [1.807, 2.05) is 45.0 Å². The van der Waals surface area contributed by atoms with Crippen molar-refractivity contribution in [2.75, 3.05) is 18.5 Å². The van der Waals surface area contributed by atoms with Crippen LogP contribution in [0.15, 0.2) is 24.3 Å². The molecular formula is C15H22N2O3. The van der Waals surface area contributed by atoms with E-state index >= 15 is 0 Å². The summed E-state index contributed by atoms with van der Waals surface area (Å²) in [4.78, 5) is 14.0. The van der Waals surface area contributed by atoms with E-state index in [2.05, 4.69) is 5.32 Å². The van der Waals surface area contributed by atoms with Crippen LogP contribution in [-0.4, -0.2) is 40.8 Å². The molecule has 5 nitrogen and oxygen atoms in total. The van der Waals surface area contributed by atoms with Crippen LogP contribution in [0.3, 0.4) is 0 Å². The summed E-state index contributed by atoms with van der Waals surface area (Å²) in [5, 5.41) is 12.8. The SMILES string of the molecule is CCOc1ccccc1NC(=O)N1CCC(O)C1(C)C. The topological polar surface area (TPSA) is 61.8 Å². The smallest absolute Gasteiger partial charge is 0.322 e. The second-order valence-corrected chi connectivity index (χ2v) is 5.47. The van der Waals surface area contributed by atoms with Crippen LogP contribution in [0.1, 0.15) is 27.2 Å². The maximum absolute atomic E-state index is 12.4. The summed E-state index contributed by atoms with van der Waals surface area (Å²) >= 11 is 0. The minimum Gasteiger partial charge on any atom is -0.492 e. The van der Waals surface area contributed by atoms with E-state index in [9.17, 15) is 9.90 Å². The number of benzene rings is 1. The van der Waals surface area contributed by atoms with Gasteiger partial charge in [0.2, 0.25) is 0 Å². The second kappa shape index (κ2) is 5.71. The minimum absolute atomic E-state index is 0.210. The molecule has 1 aromatic carbocycles. The quantitative estimate of drug-likeness (QED) is 0.893. The Morgan fingerprint density at radius 3 is 2.80 bits per heavy atom. The highest BCUT2D eigenvalue weighted by Gasteiger charge is 2.43. The minimum atomic E-state index is -0.551. The summed E-state index contributed by atoms with van der Waals surface area (Å²) in [7, 11) is 0. The summed E-state index contributed by atoms with van der Waals surface area (Å²) in [6.07, 6.45) is 0.114. The van der Waals surface area contributed by atoms with E-state index in [0.717, 1.165) is 0 Å². The molecule has 2 amide bonds. The number of nitrogens with zero attached hydrogens (tertiary/aromatic N) is 1. The fraction of sp³-hybridized carbons (Fsp3) is 0.533. The molecule has 0 radical (unpaired) electrons. The van der Waals surface area contributed by atoms with Gasteiger partial charge in [-0.15, -0.1) is 0 Å². The van der Waals surface area contributed by atoms with Gasteiger partial charge < -0.3 is 20.1 Å². The molecule has 0 aliphatic carbocycles. The van der Waals surface area contributed by atoms with Crippen molar-refractivity contribution in [2.45, 2.75) is 38.8 Å². The molecule has 0 aromatic heterocycles. The first-order chi connectivity index (χ1) is 9.46. The fourth-order valence-electron chi connectivity index (χ4n) is 2.47. The first kappa shape index (κ1) is 14.7. The van der Waals surface area contributed by atoms with Crippen molar-refractivity contribution in [1.29, 1.82) is 0 Å². The number of hydrogen-bond acceptors (Lipinski definition) is 3. The average molecular weight is 278 g/mol. The van der Waals surface area contributed by atoms with Gasteiger partial charge in [0.1, 0.15) is 5.75 Å². The molecule has 1 saturated heterocycles. The van der Waals surface area contributed by atoms with Crippen molar-refractivity contribution >= 4 is 11.7 Å². The molecule has 5 heteroatoms. The van der Waals surface area contributed by atoms with Crippen LogP contribution in [0.25, 0.3) is 0 Å². The molecule has 0 bridgehead atoms. The van der Waals surface area contributed by atoms with Crippen molar-refractivity contribution in [3.8, 4) is 5.75 Å². The highest BCUT2D eigenvalue weighted by molar-refractivity contribution is 5.91. The van der Waals surface area contributed by atoms with Crippen molar-refractivity contribution < 1.29 is 14.6 Å². The number of aliphatic hydroxyl groups is 1. The van der Waals surface area contributed by atoms with Crippen LogP contribution in [0.4, 0.5) is 10.5 Å². The van der Waals surface area contributed by atoms with Crippen molar-refractivity contribution in [2.24, 2.45) is 0 Å². The fourth-order valence-corrected chi connectivity index (χ4v) is 2.47. The second-order valence-electron chi connectivity index (χ2n) is 5.47. The lowest BCUT2D eigenvalue weighted by atomic mass is 9.99. The number of likely N-dealkylation sites (tertiary alicyclic amines) is 1. The zero-order valence-electron chi connectivity index (χ0n) is 12.2. The van der Waals surface area contributed by atoms with Crippen LogP contribution < -0.4 is 10.1 Å². The van der Waals surface area contributed by atoms with Gasteiger partial charge in [-0.1, -0.05) is 12.1 Å². The lowest BCUT2D eigenvalue weighted by Gasteiger charge is -2.33. The lowest BCUT2D eigenvalue weighted by molar-refractivity contribution is 0.0733. The predicted molar refractivity (Wildman–Crippen MR) is 78.0 cm³/mol. The molecule has 1 aliphatic rings. The molecule has 1 heterocycles. The first-order valence-corrected chi connectivity index (χ1v) is 6.95. The van der Waals surface area contributed by atoms with E-state index in [-0.39, 0.29) is 6.03 Å². The summed E-state index contributed by atoms with van der Waals surface area (Å²) in [5.41, 5.74) is 0.0986. The third-order valence-electron chi connectivity index (χ3n) is 3.81. The van der Waals surface area contributed by atoms with Crippen LogP contribution >= 0.6 is 0 Å². The number of nitrogens with one attached hydrogen (secondary N) is 1. The maximum atomic E-state index is 12.4. The van der Waals surface area contributed by atoms with Gasteiger partial charge in [0.05, 0.1) is 23.9 Å². The molecule has 1 atom stereocenters. The number of para-hydroxylation sites is 2. The number of rotatable bonds is 3. The number of hydrogen-bond donors (Lipinski definition) is 2. The lowest BCUT2D eigenvalue weighted by Crippen LogP contribution is -2.49. The molecule has 1 aromatic rings. The Labute approximate surface area is 119 Å². The first-order valence-electron chi connectivity index (χ1n) is 6.95. The Morgan fingerprint density at radius 2 is 2.20 bits per heavy atom. The molecule has 110 valence electrons. The van der Waals surface area contributed by atoms with Gasteiger partial charge in [-0.05, 0) is 39.3 Å². The number of anilines is 1. The zero-order chi connectivity index (χ0) is 14.8. The molecular weight excluding hydrogens is 256 g/mol. The van der Waals surface area contributed by atoms with E-state index in [0.29, 0.717) is 31.0 Å². The molecule has 2 rings (SSSR count). The van der Waals surface area contributed by atoms with Crippen LogP contribution in [0.2, 0.25) is 0 Å². The van der Waals surface area contributed by atoms with Gasteiger partial charge in [0, 0.05) is 6.54 Å². The normalized spacial score (nSPS) is 20.8. The summed E-state index contributed by atoms with van der Waals surface area (Å²) in [6.45, 7) is 6.74. The van der Waals surface area contributed by atoms with Crippen molar-refractivity contribution in [1.82, 2.24) is 4.90 Å². The summed E-state index contributed by atoms with van der Waals surface area (Å²) in [6, 6.07) is 7.14. The monoisotopic (exact) mass is 278 g/mol. The van der Waals surface area contributed by atoms with Gasteiger partial charge in [-0.25, -0.2) is 4.79 Å². The van der Waals surface area contributed by atoms with E-state index in [4.69, 9.17) is 4.74 Å². The number of urea groups is 1. The van der Waals surface area contributed by atoms with Gasteiger partial charge >= 0.3 is 6.03 Å². The van der Waals surface area contributed by atoms with Gasteiger partial charge in [-0.2, -0.15) is 0 Å². The number of aliphatic hydroxyl groups excluding tert-OH is 1. The van der Waals surface area contributed by atoms with E-state index < -0.39 is 11.6 Å². The molecule has 0 spiro atoms. The third kappa shape index (κ3) is 2.72. The standard InChI is InChI=1S/C15H22N2O3/c1-4-20-12-8-6-5-7-11(12)16-14(19)17-10-9-13(18)15(17,2)3/h5-8,13,18H,4,9-10H2,1-3H3,(H,16,19). The largest absolute Gasteiger partial charge is 0.492 e. The molecule has 2 N–H and O–H groups in total. The van der Waals surface area contributed by atoms with E-state index in [1.54, 1.807) is 4.90 Å². The van der Waals surface area contributed by atoms with Crippen molar-refractivity contribution in [3.05, 3.63) is 24.3 Å². The third-order valence-corrected chi connectivity index (χ3v) is 3.81.